The number of carbonyl (C=O) groups is 4. The fourth-order valence-corrected chi connectivity index (χ4v) is 10.4. The van der Waals surface area contributed by atoms with Gasteiger partial charge >= 0.3 is 0 Å². The van der Waals surface area contributed by atoms with Crippen LogP contribution in [-0.2, 0) is 31.0 Å². The number of hydrogen-bond acceptors (Lipinski definition) is 9. The average Bonchev–Trinajstić information content (AvgIpc) is 3.81. The van der Waals surface area contributed by atoms with E-state index in [9.17, 15) is 32.7 Å². The smallest absolute Gasteiger partial charge is 0.255 e. The molecule has 4 amide bonds. The summed E-state index contributed by atoms with van der Waals surface area (Å²) in [6.07, 6.45) is 2.78. The van der Waals surface area contributed by atoms with Crippen LogP contribution >= 0.6 is 0 Å². The molecule has 13 nitrogen and oxygen atoms in total. The molecule has 8 rings (SSSR count). The van der Waals surface area contributed by atoms with Crippen molar-refractivity contribution in [2.75, 3.05) is 35.6 Å². The van der Waals surface area contributed by atoms with E-state index in [1.54, 1.807) is 40.7 Å². The summed E-state index contributed by atoms with van der Waals surface area (Å²) in [5.74, 6) is -1.20. The number of aryl methyl sites for hydroxylation is 1. The maximum absolute atomic E-state index is 14.0. The van der Waals surface area contributed by atoms with Gasteiger partial charge in [0.2, 0.25) is 27.7 Å². The zero-order valence-corrected chi connectivity index (χ0v) is 32.5. The molecule has 0 saturated carbocycles. The van der Waals surface area contributed by atoms with Crippen molar-refractivity contribution in [1.82, 2.24) is 14.5 Å². The van der Waals surface area contributed by atoms with Crippen LogP contribution in [0.25, 0.3) is 11.1 Å². The molecular formula is C43H46N6O7S. The number of nitrogens with one attached hydrogen (secondary N) is 4. The number of sulfonamides is 1. The summed E-state index contributed by atoms with van der Waals surface area (Å²) in [7, 11) is -3.80. The molecule has 0 bridgehead atoms. The van der Waals surface area contributed by atoms with E-state index in [1.165, 1.54) is 4.90 Å². The first-order chi connectivity index (χ1) is 27.5. The largest absolute Gasteiger partial charge is 0.394 e. The highest BCUT2D eigenvalue weighted by Crippen LogP contribution is 2.49. The van der Waals surface area contributed by atoms with E-state index in [1.807, 2.05) is 55.5 Å². The van der Waals surface area contributed by atoms with Gasteiger partial charge in [0.05, 0.1) is 23.6 Å². The molecule has 4 heterocycles. The Labute approximate surface area is 331 Å². The van der Waals surface area contributed by atoms with Gasteiger partial charge in [-0.2, -0.15) is 4.31 Å². The molecular weight excluding hydrogens is 745 g/mol. The lowest BCUT2D eigenvalue weighted by Gasteiger charge is -2.39. The number of benzene rings is 4. The first kappa shape index (κ1) is 38.3. The number of aliphatic hydroxyl groups excluding tert-OH is 1. The van der Waals surface area contributed by atoms with Crippen molar-refractivity contribution in [1.29, 1.82) is 0 Å². The van der Waals surface area contributed by atoms with E-state index in [0.717, 1.165) is 39.2 Å². The predicted octanol–water partition coefficient (Wildman–Crippen LogP) is 5.18. The molecule has 2 saturated heterocycles. The number of piperidine rings is 1. The normalized spacial score (nSPS) is 21.6. The number of anilines is 3. The van der Waals surface area contributed by atoms with E-state index in [-0.39, 0.29) is 54.1 Å². The Morgan fingerprint density at radius 3 is 2.51 bits per heavy atom. The van der Waals surface area contributed by atoms with Gasteiger partial charge in [-0.3, -0.25) is 24.5 Å². The molecule has 4 atom stereocenters. The van der Waals surface area contributed by atoms with Gasteiger partial charge < -0.3 is 26.0 Å². The Balaban J connectivity index is 0.887. The highest BCUT2D eigenvalue weighted by molar-refractivity contribution is 7.89. The van der Waals surface area contributed by atoms with Crippen LogP contribution in [0, 0.1) is 12.8 Å². The molecule has 0 aliphatic carbocycles. The van der Waals surface area contributed by atoms with Gasteiger partial charge in [0.1, 0.15) is 6.04 Å². The van der Waals surface area contributed by atoms with Crippen LogP contribution in [0.2, 0.25) is 0 Å². The Kier molecular flexibility index (Phi) is 10.6. The second kappa shape index (κ2) is 15.8. The Morgan fingerprint density at radius 1 is 0.930 bits per heavy atom. The summed E-state index contributed by atoms with van der Waals surface area (Å²) in [5.41, 5.74) is 7.22. The first-order valence-electron chi connectivity index (χ1n) is 19.5. The predicted molar refractivity (Wildman–Crippen MR) is 216 cm³/mol. The maximum atomic E-state index is 14.0. The third-order valence-corrected chi connectivity index (χ3v) is 13.6. The van der Waals surface area contributed by atoms with Gasteiger partial charge in [-0.1, -0.05) is 42.0 Å². The minimum atomic E-state index is -3.80. The van der Waals surface area contributed by atoms with Crippen LogP contribution in [0.1, 0.15) is 71.6 Å². The Hall–Kier alpha value is -5.57. The van der Waals surface area contributed by atoms with Crippen molar-refractivity contribution in [2.45, 2.75) is 75.0 Å². The highest BCUT2D eigenvalue weighted by Gasteiger charge is 2.48. The summed E-state index contributed by atoms with van der Waals surface area (Å²) in [5, 5.41) is 22.5. The SMILES string of the molecule is Cc1ccc(S(=O)(=O)N2CC[C@@H]3[C@H](CO)Nc4ccc(-c5cccc(NC(=O)CCCCNc6cccc7c6CN(C6CCC(=O)NC6=O)C7=O)c5)cc4[C@@H]32)cc1. The van der Waals surface area contributed by atoms with Crippen LogP contribution in [0.4, 0.5) is 17.1 Å². The number of amides is 4. The summed E-state index contributed by atoms with van der Waals surface area (Å²) in [6.45, 7) is 3.04. The van der Waals surface area contributed by atoms with Crippen molar-refractivity contribution < 1.29 is 32.7 Å². The molecule has 4 aromatic rings. The molecule has 2 fully saturated rings. The summed E-state index contributed by atoms with van der Waals surface area (Å²) >= 11 is 0. The second-order valence-electron chi connectivity index (χ2n) is 15.3. The van der Waals surface area contributed by atoms with E-state index in [0.29, 0.717) is 56.4 Å². The molecule has 4 aliphatic rings. The van der Waals surface area contributed by atoms with Crippen LogP contribution in [0.3, 0.4) is 0 Å². The number of nitrogens with zero attached hydrogens (tertiary/aromatic N) is 2. The second-order valence-corrected chi connectivity index (χ2v) is 17.2. The molecule has 5 N–H and O–H groups in total. The topological polar surface area (TPSA) is 177 Å². The standard InChI is InChI=1S/C43H46N6O7S/c1-26-11-14-30(15-12-26)57(55,56)49-21-19-32-37(25-50)46-36-16-13-28(23-33(36)41(32)49)27-6-4-7-29(22-27)45-39(51)10-2-3-20-44-35-9-5-8-31-34(35)24-48(43(31)54)38-17-18-40(52)47-42(38)53/h4-9,11-16,22-23,32,37-38,41,44,46,50H,2-3,10,17-21,24-25H2,1H3,(H,45,51)(H,47,52,53)/t32-,37+,38?,41-/m1/s1. The van der Waals surface area contributed by atoms with Gasteiger partial charge in [0, 0.05) is 66.6 Å². The fourth-order valence-electron chi connectivity index (χ4n) is 8.70. The van der Waals surface area contributed by atoms with Crippen molar-refractivity contribution in [3.05, 3.63) is 107 Å². The van der Waals surface area contributed by atoms with E-state index < -0.39 is 28.0 Å². The number of imide groups is 1. The summed E-state index contributed by atoms with van der Waals surface area (Å²) in [4.78, 5) is 52.0. The number of hydrogen-bond donors (Lipinski definition) is 5. The zero-order valence-electron chi connectivity index (χ0n) is 31.7. The Morgan fingerprint density at radius 2 is 1.72 bits per heavy atom. The third kappa shape index (κ3) is 7.52. The lowest BCUT2D eigenvalue weighted by molar-refractivity contribution is -0.137. The number of rotatable bonds is 12. The van der Waals surface area contributed by atoms with E-state index in [4.69, 9.17) is 0 Å². The van der Waals surface area contributed by atoms with Crippen molar-refractivity contribution >= 4 is 50.7 Å². The highest BCUT2D eigenvalue weighted by atomic mass is 32.2. The molecule has 0 spiro atoms. The number of carbonyl (C=O) groups excluding carboxylic acids is 4. The number of aliphatic hydroxyl groups is 1. The molecule has 0 radical (unpaired) electrons. The van der Waals surface area contributed by atoms with E-state index in [2.05, 4.69) is 21.3 Å². The Bertz CT molecular complexity index is 2350. The monoisotopic (exact) mass is 790 g/mol. The number of fused-ring (bicyclic) bond motifs is 4. The lowest BCUT2D eigenvalue weighted by Crippen LogP contribution is -2.52. The van der Waals surface area contributed by atoms with Gasteiger partial charge in [-0.05, 0) is 97.8 Å². The minimum absolute atomic E-state index is 0.105. The minimum Gasteiger partial charge on any atom is -0.394 e. The molecule has 1 unspecified atom stereocenters. The molecule has 0 aromatic heterocycles. The zero-order chi connectivity index (χ0) is 39.8. The quantitative estimate of drug-likeness (QED) is 0.0956. The van der Waals surface area contributed by atoms with Gasteiger partial charge in [0.15, 0.2) is 0 Å². The number of unbranched alkanes of at least 4 members (excludes halogenated alkanes) is 1. The van der Waals surface area contributed by atoms with Crippen LogP contribution in [-0.4, -0.2) is 78.1 Å². The van der Waals surface area contributed by atoms with Crippen molar-refractivity contribution in [2.24, 2.45) is 5.92 Å². The molecule has 4 aliphatic heterocycles. The first-order valence-corrected chi connectivity index (χ1v) is 21.0. The van der Waals surface area contributed by atoms with E-state index >= 15 is 0 Å². The van der Waals surface area contributed by atoms with Gasteiger partial charge in [-0.15, -0.1) is 0 Å². The van der Waals surface area contributed by atoms with Gasteiger partial charge in [0.25, 0.3) is 5.91 Å². The average molecular weight is 791 g/mol. The summed E-state index contributed by atoms with van der Waals surface area (Å²) in [6, 6.07) is 24.5. The lowest BCUT2D eigenvalue weighted by atomic mass is 9.82. The molecule has 4 aromatic carbocycles. The molecule has 296 valence electrons. The van der Waals surface area contributed by atoms with Crippen LogP contribution < -0.4 is 21.3 Å². The third-order valence-electron chi connectivity index (χ3n) is 11.7. The van der Waals surface area contributed by atoms with Crippen molar-refractivity contribution in [3.8, 4) is 11.1 Å². The van der Waals surface area contributed by atoms with Gasteiger partial charge in [-0.25, -0.2) is 8.42 Å². The van der Waals surface area contributed by atoms with Crippen molar-refractivity contribution in [3.63, 3.8) is 0 Å². The summed E-state index contributed by atoms with van der Waals surface area (Å²) < 4.78 is 29.5. The molecule has 57 heavy (non-hydrogen) atoms. The maximum Gasteiger partial charge on any atom is 0.255 e. The molecule has 14 heteroatoms. The fraction of sp³-hybridized carbons (Fsp3) is 0.349. The van der Waals surface area contributed by atoms with Crippen LogP contribution in [0.15, 0.2) is 89.8 Å². The van der Waals surface area contributed by atoms with Crippen LogP contribution in [0.5, 0.6) is 0 Å².